The zero-order valence-corrected chi connectivity index (χ0v) is 16.0. The van der Waals surface area contributed by atoms with E-state index in [1.165, 1.54) is 23.5 Å². The van der Waals surface area contributed by atoms with Crippen molar-refractivity contribution in [2.45, 2.75) is 37.7 Å². The highest BCUT2D eigenvalue weighted by atomic mass is 32.1. The third-order valence-corrected chi connectivity index (χ3v) is 6.02. The van der Waals surface area contributed by atoms with Gasteiger partial charge in [-0.3, -0.25) is 9.69 Å². The Morgan fingerprint density at radius 2 is 2.04 bits per heavy atom. The second-order valence-electron chi connectivity index (χ2n) is 7.27. The number of carbonyl (C=O) groups is 1. The summed E-state index contributed by atoms with van der Waals surface area (Å²) in [5.74, 6) is -0.256. The molecule has 0 unspecified atom stereocenters. The van der Waals surface area contributed by atoms with E-state index in [4.69, 9.17) is 4.74 Å². The average Bonchev–Trinajstić information content (AvgIpc) is 3.27. The van der Waals surface area contributed by atoms with E-state index in [2.05, 4.69) is 15.2 Å². The molecule has 2 aliphatic rings. The number of hydrogen-bond donors (Lipinski definition) is 1. The third-order valence-electron chi connectivity index (χ3n) is 5.12. The van der Waals surface area contributed by atoms with Crippen molar-refractivity contribution in [1.29, 1.82) is 0 Å². The Balaban J connectivity index is 1.39. The van der Waals surface area contributed by atoms with Gasteiger partial charge in [-0.2, -0.15) is 13.2 Å². The van der Waals surface area contributed by atoms with Crippen LogP contribution in [0.5, 0.6) is 0 Å². The maximum atomic E-state index is 12.7. The molecule has 9 heteroatoms. The van der Waals surface area contributed by atoms with Crippen LogP contribution in [0.4, 0.5) is 13.2 Å². The van der Waals surface area contributed by atoms with E-state index >= 15 is 0 Å². The first-order valence-corrected chi connectivity index (χ1v) is 9.97. The summed E-state index contributed by atoms with van der Waals surface area (Å²) in [5.41, 5.74) is 0.136. The fourth-order valence-corrected chi connectivity index (χ4v) is 4.52. The number of nitrogens with one attached hydrogen (secondary N) is 1. The zero-order valence-electron chi connectivity index (χ0n) is 15.2. The van der Waals surface area contributed by atoms with Gasteiger partial charge >= 0.3 is 6.18 Å². The molecule has 2 aliphatic heterocycles. The number of carbonyl (C=O) groups excluding carboxylic acids is 1. The number of morpholine rings is 1. The number of thiazole rings is 1. The summed E-state index contributed by atoms with van der Waals surface area (Å²) >= 11 is 1.24. The van der Waals surface area contributed by atoms with E-state index in [0.717, 1.165) is 31.6 Å². The Bertz CT molecular complexity index is 853. The Morgan fingerprint density at radius 1 is 1.29 bits per heavy atom. The smallest absolute Gasteiger partial charge is 0.376 e. The molecule has 3 heterocycles. The van der Waals surface area contributed by atoms with Crippen molar-refractivity contribution in [3.8, 4) is 10.6 Å². The highest BCUT2D eigenvalue weighted by molar-refractivity contribution is 7.13. The number of hydrogen-bond acceptors (Lipinski definition) is 5. The van der Waals surface area contributed by atoms with Crippen LogP contribution < -0.4 is 5.32 Å². The lowest BCUT2D eigenvalue weighted by Crippen LogP contribution is -2.45. The number of halogens is 3. The zero-order chi connectivity index (χ0) is 19.9. The van der Waals surface area contributed by atoms with Crippen LogP contribution in [0.1, 0.15) is 29.4 Å². The minimum atomic E-state index is -4.37. The van der Waals surface area contributed by atoms with Gasteiger partial charge in [0, 0.05) is 36.1 Å². The molecular weight excluding hydrogens is 391 g/mol. The van der Waals surface area contributed by atoms with Gasteiger partial charge in [0.1, 0.15) is 10.7 Å². The summed E-state index contributed by atoms with van der Waals surface area (Å²) in [5, 5.41) is 5.17. The van der Waals surface area contributed by atoms with Crippen molar-refractivity contribution >= 4 is 17.2 Å². The molecule has 2 fully saturated rings. The highest BCUT2D eigenvalue weighted by Crippen LogP contribution is 2.32. The number of benzene rings is 1. The largest absolute Gasteiger partial charge is 0.416 e. The summed E-state index contributed by atoms with van der Waals surface area (Å²) in [6.45, 7) is 4.38. The van der Waals surface area contributed by atoms with Crippen LogP contribution >= 0.6 is 11.3 Å². The summed E-state index contributed by atoms with van der Waals surface area (Å²) in [6, 6.07) is 5.17. The molecule has 5 nitrogen and oxygen atoms in total. The lowest BCUT2D eigenvalue weighted by molar-refractivity contribution is -0.137. The number of ether oxygens (including phenoxy) is 1. The highest BCUT2D eigenvalue weighted by Gasteiger charge is 2.37. The van der Waals surface area contributed by atoms with E-state index in [9.17, 15) is 18.0 Å². The molecule has 2 saturated heterocycles. The van der Waals surface area contributed by atoms with Crippen LogP contribution in [0.25, 0.3) is 10.6 Å². The molecule has 150 valence electrons. The lowest BCUT2D eigenvalue weighted by Gasteiger charge is -2.33. The summed E-state index contributed by atoms with van der Waals surface area (Å²) in [4.78, 5) is 19.2. The van der Waals surface area contributed by atoms with Crippen LogP contribution in [0.3, 0.4) is 0 Å². The molecule has 28 heavy (non-hydrogen) atoms. The molecule has 2 aromatic rings. The Hall–Kier alpha value is -1.97. The monoisotopic (exact) mass is 411 g/mol. The van der Waals surface area contributed by atoms with Crippen molar-refractivity contribution in [2.24, 2.45) is 0 Å². The quantitative estimate of drug-likeness (QED) is 0.841. The van der Waals surface area contributed by atoms with E-state index in [1.54, 1.807) is 5.38 Å². The summed E-state index contributed by atoms with van der Waals surface area (Å²) in [7, 11) is 0. The number of aromatic nitrogens is 1. The molecule has 1 aromatic heterocycles. The lowest BCUT2D eigenvalue weighted by atomic mass is 10.1. The molecule has 0 aliphatic carbocycles. The molecule has 1 aromatic carbocycles. The number of nitrogens with zero attached hydrogens (tertiary/aromatic N) is 2. The van der Waals surface area contributed by atoms with Gasteiger partial charge in [0.2, 0.25) is 0 Å². The second kappa shape index (κ2) is 7.46. The van der Waals surface area contributed by atoms with Crippen molar-refractivity contribution in [3.05, 3.63) is 40.9 Å². The Morgan fingerprint density at radius 3 is 2.75 bits per heavy atom. The van der Waals surface area contributed by atoms with Crippen molar-refractivity contribution in [2.75, 3.05) is 19.7 Å². The van der Waals surface area contributed by atoms with Gasteiger partial charge < -0.3 is 10.1 Å². The predicted molar refractivity (Wildman–Crippen MR) is 99.2 cm³/mol. The van der Waals surface area contributed by atoms with Crippen LogP contribution in [-0.2, 0) is 10.9 Å². The van der Waals surface area contributed by atoms with Crippen molar-refractivity contribution < 1.29 is 22.7 Å². The van der Waals surface area contributed by atoms with Crippen LogP contribution in [0.15, 0.2) is 29.6 Å². The molecule has 1 amide bonds. The van der Waals surface area contributed by atoms with Gasteiger partial charge in [-0.05, 0) is 25.5 Å². The van der Waals surface area contributed by atoms with Crippen LogP contribution in [0.2, 0.25) is 0 Å². The van der Waals surface area contributed by atoms with E-state index in [-0.39, 0.29) is 23.7 Å². The molecule has 1 N–H and O–H groups in total. The minimum absolute atomic E-state index is 0.0441. The standard InChI is InChI=1S/C19H20F3N3O2S/c1-11-7-25-8-14(6-15(25)9-27-11)23-17(26)16-10-28-18(24-16)12-2-4-13(5-3-12)19(20,21)22/h2-5,10-11,14-15H,6-9H2,1H3,(H,23,26)/t11-,14+,15-/m0/s1. The minimum Gasteiger partial charge on any atom is -0.376 e. The molecular formula is C19H20F3N3O2S. The number of rotatable bonds is 3. The second-order valence-corrected chi connectivity index (χ2v) is 8.13. The Kier molecular flexibility index (Phi) is 5.15. The maximum Gasteiger partial charge on any atom is 0.416 e. The maximum absolute atomic E-state index is 12.7. The van der Waals surface area contributed by atoms with Crippen molar-refractivity contribution in [1.82, 2.24) is 15.2 Å². The van der Waals surface area contributed by atoms with Crippen molar-refractivity contribution in [3.63, 3.8) is 0 Å². The molecule has 0 saturated carbocycles. The van der Waals surface area contributed by atoms with Gasteiger partial charge in [-0.1, -0.05) is 12.1 Å². The predicted octanol–water partition coefficient (Wildman–Crippen LogP) is 3.42. The van der Waals surface area contributed by atoms with Gasteiger partial charge in [0.15, 0.2) is 0 Å². The number of alkyl halides is 3. The molecule has 0 spiro atoms. The van der Waals surface area contributed by atoms with Gasteiger partial charge in [0.25, 0.3) is 5.91 Å². The third kappa shape index (κ3) is 4.06. The fourth-order valence-electron chi connectivity index (χ4n) is 3.72. The first-order valence-electron chi connectivity index (χ1n) is 9.09. The molecule has 0 radical (unpaired) electrons. The van der Waals surface area contributed by atoms with E-state index in [1.807, 2.05) is 6.92 Å². The normalized spacial score (nSPS) is 25.5. The topological polar surface area (TPSA) is 54.5 Å². The average molecular weight is 411 g/mol. The Labute approximate surface area is 164 Å². The van der Waals surface area contributed by atoms with Gasteiger partial charge in [-0.25, -0.2) is 4.98 Å². The first kappa shape index (κ1) is 19.4. The van der Waals surface area contributed by atoms with Crippen LogP contribution in [-0.4, -0.2) is 53.7 Å². The van der Waals surface area contributed by atoms with E-state index < -0.39 is 11.7 Å². The van der Waals surface area contributed by atoms with E-state index in [0.29, 0.717) is 23.2 Å². The van der Waals surface area contributed by atoms with Gasteiger partial charge in [0.05, 0.1) is 18.3 Å². The molecule has 4 rings (SSSR count). The van der Waals surface area contributed by atoms with Gasteiger partial charge in [-0.15, -0.1) is 11.3 Å². The van der Waals surface area contributed by atoms with Crippen LogP contribution in [0, 0.1) is 0 Å². The molecule has 3 atom stereocenters. The number of amides is 1. The fraction of sp³-hybridized carbons (Fsp3) is 0.474. The summed E-state index contributed by atoms with van der Waals surface area (Å²) < 4.78 is 43.7. The molecule has 0 bridgehead atoms. The number of fused-ring (bicyclic) bond motifs is 1. The SMILES string of the molecule is C[C@H]1CN2C[C@H](NC(=O)c3csc(-c4ccc(C(F)(F)F)cc4)n3)C[C@H]2CO1. The summed E-state index contributed by atoms with van der Waals surface area (Å²) in [6.07, 6.45) is -3.33. The first-order chi connectivity index (χ1) is 13.3.